The molecule has 0 aliphatic heterocycles. The molecule has 2 aromatic carbocycles. The minimum absolute atomic E-state index is 0.0775. The van der Waals surface area contributed by atoms with E-state index in [-0.39, 0.29) is 5.91 Å². The van der Waals surface area contributed by atoms with Crippen molar-refractivity contribution in [1.29, 1.82) is 0 Å². The van der Waals surface area contributed by atoms with Crippen LogP contribution in [-0.2, 0) is 6.42 Å². The maximum absolute atomic E-state index is 11.5. The fourth-order valence-electron chi connectivity index (χ4n) is 2.46. The summed E-state index contributed by atoms with van der Waals surface area (Å²) in [4.78, 5) is 18.7. The van der Waals surface area contributed by atoms with E-state index in [1.54, 1.807) is 19.6 Å². The number of benzene rings is 2. The number of rotatable bonds is 6. The molecule has 5 heteroatoms. The number of hydrogen-bond donors (Lipinski definition) is 2. The molecule has 0 fully saturated rings. The maximum atomic E-state index is 11.5. The quantitative estimate of drug-likeness (QED) is 0.733. The SMILES string of the molecule is CNC(=O)c1ccc(CCOc2ccccc2-c2cnc[nH]2)cc1. The van der Waals surface area contributed by atoms with E-state index in [0.29, 0.717) is 12.2 Å². The predicted octanol–water partition coefficient (Wildman–Crippen LogP) is 3.06. The Morgan fingerprint density at radius 1 is 1.17 bits per heavy atom. The lowest BCUT2D eigenvalue weighted by atomic mass is 10.1. The van der Waals surface area contributed by atoms with Crippen LogP contribution >= 0.6 is 0 Å². The van der Waals surface area contributed by atoms with Crippen LogP contribution in [0.5, 0.6) is 5.75 Å². The second-order valence-corrected chi connectivity index (χ2v) is 5.34. The number of carbonyl (C=O) groups is 1. The topological polar surface area (TPSA) is 67.0 Å². The molecule has 0 atom stereocenters. The van der Waals surface area contributed by atoms with Gasteiger partial charge in [-0.25, -0.2) is 4.98 Å². The number of imidazole rings is 1. The van der Waals surface area contributed by atoms with E-state index >= 15 is 0 Å². The molecule has 0 radical (unpaired) electrons. The van der Waals surface area contributed by atoms with Crippen molar-refractivity contribution in [2.45, 2.75) is 6.42 Å². The van der Waals surface area contributed by atoms with Gasteiger partial charge in [-0.3, -0.25) is 4.79 Å². The molecule has 1 aromatic heterocycles. The molecule has 0 unspecified atom stereocenters. The van der Waals surface area contributed by atoms with Crippen molar-refractivity contribution in [2.24, 2.45) is 0 Å². The van der Waals surface area contributed by atoms with Crippen LogP contribution in [0, 0.1) is 0 Å². The smallest absolute Gasteiger partial charge is 0.251 e. The Hall–Kier alpha value is -3.08. The number of amides is 1. The van der Waals surface area contributed by atoms with Gasteiger partial charge in [0.15, 0.2) is 0 Å². The third kappa shape index (κ3) is 3.63. The zero-order chi connectivity index (χ0) is 16.8. The lowest BCUT2D eigenvalue weighted by Crippen LogP contribution is -2.17. The molecule has 122 valence electrons. The summed E-state index contributed by atoms with van der Waals surface area (Å²) in [6.07, 6.45) is 4.20. The Kier molecular flexibility index (Phi) is 4.91. The number of aromatic nitrogens is 2. The Balaban J connectivity index is 1.62. The average Bonchev–Trinajstić information content (AvgIpc) is 3.16. The van der Waals surface area contributed by atoms with Gasteiger partial charge >= 0.3 is 0 Å². The monoisotopic (exact) mass is 321 g/mol. The first-order valence-corrected chi connectivity index (χ1v) is 7.79. The first-order chi connectivity index (χ1) is 11.8. The molecule has 0 saturated carbocycles. The van der Waals surface area contributed by atoms with Crippen molar-refractivity contribution in [2.75, 3.05) is 13.7 Å². The van der Waals surface area contributed by atoms with E-state index in [1.165, 1.54) is 0 Å². The van der Waals surface area contributed by atoms with E-state index in [2.05, 4.69) is 15.3 Å². The number of para-hydroxylation sites is 1. The van der Waals surface area contributed by atoms with Gasteiger partial charge in [-0.05, 0) is 29.8 Å². The molecular weight excluding hydrogens is 302 g/mol. The van der Waals surface area contributed by atoms with Gasteiger partial charge in [0.05, 0.1) is 24.8 Å². The third-order valence-corrected chi connectivity index (χ3v) is 3.77. The summed E-state index contributed by atoms with van der Waals surface area (Å²) in [5, 5.41) is 2.61. The molecular formula is C19H19N3O2. The Labute approximate surface area is 140 Å². The van der Waals surface area contributed by atoms with Gasteiger partial charge in [0.1, 0.15) is 5.75 Å². The van der Waals surface area contributed by atoms with Gasteiger partial charge in [-0.1, -0.05) is 24.3 Å². The number of carbonyl (C=O) groups excluding carboxylic acids is 1. The molecule has 3 rings (SSSR count). The second-order valence-electron chi connectivity index (χ2n) is 5.34. The highest BCUT2D eigenvalue weighted by atomic mass is 16.5. The third-order valence-electron chi connectivity index (χ3n) is 3.77. The number of nitrogens with one attached hydrogen (secondary N) is 2. The average molecular weight is 321 g/mol. The number of ether oxygens (including phenoxy) is 1. The molecule has 24 heavy (non-hydrogen) atoms. The maximum Gasteiger partial charge on any atom is 0.251 e. The Morgan fingerprint density at radius 2 is 1.96 bits per heavy atom. The van der Waals surface area contributed by atoms with Gasteiger partial charge < -0.3 is 15.0 Å². The van der Waals surface area contributed by atoms with E-state index < -0.39 is 0 Å². The van der Waals surface area contributed by atoms with Gasteiger partial charge in [0.2, 0.25) is 0 Å². The van der Waals surface area contributed by atoms with Crippen molar-refractivity contribution < 1.29 is 9.53 Å². The summed E-state index contributed by atoms with van der Waals surface area (Å²) in [7, 11) is 1.63. The second kappa shape index (κ2) is 7.46. The lowest BCUT2D eigenvalue weighted by molar-refractivity contribution is 0.0963. The molecule has 1 amide bonds. The van der Waals surface area contributed by atoms with Gasteiger partial charge in [-0.2, -0.15) is 0 Å². The van der Waals surface area contributed by atoms with Crippen molar-refractivity contribution in [1.82, 2.24) is 15.3 Å². The van der Waals surface area contributed by atoms with Crippen molar-refractivity contribution >= 4 is 5.91 Å². The number of H-pyrrole nitrogens is 1. The zero-order valence-electron chi connectivity index (χ0n) is 13.5. The van der Waals surface area contributed by atoms with Crippen LogP contribution in [0.1, 0.15) is 15.9 Å². The number of aromatic amines is 1. The fourth-order valence-corrected chi connectivity index (χ4v) is 2.46. The van der Waals surface area contributed by atoms with E-state index in [1.807, 2.05) is 48.5 Å². The fraction of sp³-hybridized carbons (Fsp3) is 0.158. The van der Waals surface area contributed by atoms with E-state index in [9.17, 15) is 4.79 Å². The molecule has 0 aliphatic carbocycles. The number of nitrogens with zero attached hydrogens (tertiary/aromatic N) is 1. The van der Waals surface area contributed by atoms with Crippen molar-refractivity contribution in [3.8, 4) is 17.0 Å². The van der Waals surface area contributed by atoms with Crippen molar-refractivity contribution in [3.05, 3.63) is 72.2 Å². The van der Waals surface area contributed by atoms with Crippen LogP contribution in [0.2, 0.25) is 0 Å². The van der Waals surface area contributed by atoms with Gasteiger partial charge in [-0.15, -0.1) is 0 Å². The van der Waals surface area contributed by atoms with Crippen LogP contribution in [0.3, 0.4) is 0 Å². The van der Waals surface area contributed by atoms with Crippen LogP contribution in [0.25, 0.3) is 11.3 Å². The molecule has 2 N–H and O–H groups in total. The summed E-state index contributed by atoms with van der Waals surface area (Å²) < 4.78 is 5.94. The van der Waals surface area contributed by atoms with Gasteiger partial charge in [0, 0.05) is 24.6 Å². The summed E-state index contributed by atoms with van der Waals surface area (Å²) in [6.45, 7) is 0.560. The highest BCUT2D eigenvalue weighted by molar-refractivity contribution is 5.93. The molecule has 0 aliphatic rings. The molecule has 3 aromatic rings. The first-order valence-electron chi connectivity index (χ1n) is 7.79. The summed E-state index contributed by atoms with van der Waals surface area (Å²) in [5.74, 6) is 0.745. The molecule has 1 heterocycles. The molecule has 0 saturated heterocycles. The van der Waals surface area contributed by atoms with Crippen LogP contribution in [0.15, 0.2) is 61.1 Å². The summed E-state index contributed by atoms with van der Waals surface area (Å²) in [6, 6.07) is 15.4. The van der Waals surface area contributed by atoms with E-state index in [0.717, 1.165) is 29.0 Å². The highest BCUT2D eigenvalue weighted by Crippen LogP contribution is 2.27. The lowest BCUT2D eigenvalue weighted by Gasteiger charge is -2.10. The largest absolute Gasteiger partial charge is 0.493 e. The predicted molar refractivity (Wildman–Crippen MR) is 93.1 cm³/mol. The van der Waals surface area contributed by atoms with Crippen molar-refractivity contribution in [3.63, 3.8) is 0 Å². The highest BCUT2D eigenvalue weighted by Gasteiger charge is 2.07. The van der Waals surface area contributed by atoms with Crippen LogP contribution < -0.4 is 10.1 Å². The normalized spacial score (nSPS) is 10.4. The minimum atomic E-state index is -0.0775. The summed E-state index contributed by atoms with van der Waals surface area (Å²) >= 11 is 0. The molecule has 0 spiro atoms. The Morgan fingerprint density at radius 3 is 2.67 bits per heavy atom. The van der Waals surface area contributed by atoms with Crippen LogP contribution in [0.4, 0.5) is 0 Å². The first kappa shape index (κ1) is 15.8. The zero-order valence-corrected chi connectivity index (χ0v) is 13.5. The standard InChI is InChI=1S/C19H19N3O2/c1-20-19(23)15-8-6-14(7-9-15)10-11-24-18-5-3-2-4-16(18)17-12-21-13-22-17/h2-9,12-13H,10-11H2,1H3,(H,20,23)(H,21,22). The molecule has 0 bridgehead atoms. The minimum Gasteiger partial charge on any atom is -0.493 e. The Bertz CT molecular complexity index is 796. The summed E-state index contributed by atoms with van der Waals surface area (Å²) in [5.41, 5.74) is 3.71. The van der Waals surface area contributed by atoms with Gasteiger partial charge in [0.25, 0.3) is 5.91 Å². The molecule has 5 nitrogen and oxygen atoms in total. The number of hydrogen-bond acceptors (Lipinski definition) is 3. The van der Waals surface area contributed by atoms with Crippen LogP contribution in [-0.4, -0.2) is 29.5 Å². The van der Waals surface area contributed by atoms with E-state index in [4.69, 9.17) is 4.74 Å².